The Bertz CT molecular complexity index is 544. The van der Waals surface area contributed by atoms with Crippen LogP contribution in [0.4, 0.5) is 0 Å². The SMILES string of the molecule is CCCCCN1CC[C@@H](CCOc2ccc(Cl)c(Cl)c2)[C@@H](OCCOC)C1. The molecule has 0 amide bonds. The molecule has 1 aromatic carbocycles. The second-order valence-corrected chi connectivity index (χ2v) is 7.99. The van der Waals surface area contributed by atoms with E-state index in [1.54, 1.807) is 19.2 Å². The summed E-state index contributed by atoms with van der Waals surface area (Å²) in [6, 6.07) is 5.40. The van der Waals surface area contributed by atoms with Crippen LogP contribution in [-0.2, 0) is 9.47 Å². The maximum absolute atomic E-state index is 6.15. The highest BCUT2D eigenvalue weighted by Gasteiger charge is 2.29. The molecule has 0 aliphatic carbocycles. The summed E-state index contributed by atoms with van der Waals surface area (Å²) in [5.41, 5.74) is 0. The quantitative estimate of drug-likeness (QED) is 0.431. The van der Waals surface area contributed by atoms with E-state index in [2.05, 4.69) is 11.8 Å². The van der Waals surface area contributed by atoms with E-state index in [-0.39, 0.29) is 6.10 Å². The van der Waals surface area contributed by atoms with E-state index in [9.17, 15) is 0 Å². The summed E-state index contributed by atoms with van der Waals surface area (Å²) >= 11 is 12.0. The van der Waals surface area contributed by atoms with Gasteiger partial charge in [0.25, 0.3) is 0 Å². The Balaban J connectivity index is 1.81. The van der Waals surface area contributed by atoms with Crippen LogP contribution < -0.4 is 4.74 Å². The fourth-order valence-corrected chi connectivity index (χ4v) is 3.80. The zero-order valence-electron chi connectivity index (χ0n) is 16.6. The number of nitrogens with zero attached hydrogens (tertiary/aromatic N) is 1. The standard InChI is InChI=1S/C21H33Cl2NO3/c1-3-4-5-10-24-11-8-17(21(16-24)27-14-13-25-2)9-12-26-18-6-7-19(22)20(23)15-18/h6-7,15,17,21H,3-5,8-14,16H2,1-2H3/t17-,21-/m0/s1. The predicted octanol–water partition coefficient (Wildman–Crippen LogP) is 5.31. The van der Waals surface area contributed by atoms with Crippen molar-refractivity contribution in [2.45, 2.75) is 45.1 Å². The Morgan fingerprint density at radius 1 is 1.11 bits per heavy atom. The zero-order chi connectivity index (χ0) is 19.5. The van der Waals surface area contributed by atoms with E-state index in [4.69, 9.17) is 37.4 Å². The molecule has 1 fully saturated rings. The molecule has 27 heavy (non-hydrogen) atoms. The molecule has 2 rings (SSSR count). The summed E-state index contributed by atoms with van der Waals surface area (Å²) < 4.78 is 17.2. The van der Waals surface area contributed by atoms with Gasteiger partial charge in [0.2, 0.25) is 0 Å². The van der Waals surface area contributed by atoms with Crippen molar-refractivity contribution in [3.63, 3.8) is 0 Å². The molecule has 1 aliphatic rings. The minimum absolute atomic E-state index is 0.243. The summed E-state index contributed by atoms with van der Waals surface area (Å²) in [5.74, 6) is 1.27. The fraction of sp³-hybridized carbons (Fsp3) is 0.714. The minimum Gasteiger partial charge on any atom is -0.494 e. The first-order valence-corrected chi connectivity index (χ1v) is 10.8. The van der Waals surface area contributed by atoms with Gasteiger partial charge >= 0.3 is 0 Å². The Labute approximate surface area is 174 Å². The highest BCUT2D eigenvalue weighted by Crippen LogP contribution is 2.28. The van der Waals surface area contributed by atoms with Gasteiger partial charge in [0, 0.05) is 19.7 Å². The van der Waals surface area contributed by atoms with Crippen LogP contribution in [0.25, 0.3) is 0 Å². The predicted molar refractivity (Wildman–Crippen MR) is 112 cm³/mol. The van der Waals surface area contributed by atoms with E-state index in [1.165, 1.54) is 25.8 Å². The number of benzene rings is 1. The lowest BCUT2D eigenvalue weighted by Crippen LogP contribution is -2.46. The molecule has 4 nitrogen and oxygen atoms in total. The number of unbranched alkanes of at least 4 members (excludes halogenated alkanes) is 2. The lowest BCUT2D eigenvalue weighted by atomic mass is 9.90. The van der Waals surface area contributed by atoms with Gasteiger partial charge in [-0.15, -0.1) is 0 Å². The van der Waals surface area contributed by atoms with Crippen molar-refractivity contribution in [3.05, 3.63) is 28.2 Å². The molecule has 0 saturated carbocycles. The van der Waals surface area contributed by atoms with Gasteiger partial charge in [-0.25, -0.2) is 0 Å². The molecular formula is C21H33Cl2NO3. The number of ether oxygens (including phenoxy) is 3. The van der Waals surface area contributed by atoms with Gasteiger partial charge in [-0.2, -0.15) is 0 Å². The van der Waals surface area contributed by atoms with Crippen LogP contribution in [0.5, 0.6) is 5.75 Å². The van der Waals surface area contributed by atoms with Gasteiger partial charge in [0.1, 0.15) is 5.75 Å². The van der Waals surface area contributed by atoms with Gasteiger partial charge in [-0.1, -0.05) is 43.0 Å². The third-order valence-electron chi connectivity index (χ3n) is 5.13. The Kier molecular flexibility index (Phi) is 10.8. The second-order valence-electron chi connectivity index (χ2n) is 7.17. The first-order chi connectivity index (χ1) is 13.1. The molecular weight excluding hydrogens is 385 g/mol. The van der Waals surface area contributed by atoms with Crippen molar-refractivity contribution in [2.75, 3.05) is 46.6 Å². The normalized spacial score (nSPS) is 20.7. The van der Waals surface area contributed by atoms with Crippen molar-refractivity contribution in [1.82, 2.24) is 4.90 Å². The number of halogens is 2. The molecule has 2 atom stereocenters. The largest absolute Gasteiger partial charge is 0.494 e. The van der Waals surface area contributed by atoms with E-state index in [0.717, 1.165) is 31.7 Å². The molecule has 6 heteroatoms. The molecule has 0 bridgehead atoms. The van der Waals surface area contributed by atoms with Crippen LogP contribution in [0.1, 0.15) is 39.0 Å². The molecule has 1 aliphatic heterocycles. The highest BCUT2D eigenvalue weighted by molar-refractivity contribution is 6.42. The van der Waals surface area contributed by atoms with Crippen LogP contribution in [0.2, 0.25) is 10.0 Å². The van der Waals surface area contributed by atoms with Gasteiger partial charge in [0.05, 0.1) is 36.0 Å². The Morgan fingerprint density at radius 2 is 1.96 bits per heavy atom. The number of hydrogen-bond acceptors (Lipinski definition) is 4. The minimum atomic E-state index is 0.243. The third-order valence-corrected chi connectivity index (χ3v) is 5.86. The monoisotopic (exact) mass is 417 g/mol. The summed E-state index contributed by atoms with van der Waals surface area (Å²) in [6.45, 7) is 7.51. The Hall–Kier alpha value is -0.520. The average molecular weight is 418 g/mol. The maximum atomic E-state index is 6.15. The van der Waals surface area contributed by atoms with Gasteiger partial charge < -0.3 is 19.1 Å². The topological polar surface area (TPSA) is 30.9 Å². The van der Waals surface area contributed by atoms with Crippen LogP contribution in [0.15, 0.2) is 18.2 Å². The van der Waals surface area contributed by atoms with Crippen LogP contribution in [0, 0.1) is 5.92 Å². The lowest BCUT2D eigenvalue weighted by Gasteiger charge is -2.38. The molecule has 1 heterocycles. The van der Waals surface area contributed by atoms with Crippen molar-refractivity contribution in [3.8, 4) is 5.75 Å². The van der Waals surface area contributed by atoms with Crippen LogP contribution in [0.3, 0.4) is 0 Å². The highest BCUT2D eigenvalue weighted by atomic mass is 35.5. The maximum Gasteiger partial charge on any atom is 0.120 e. The zero-order valence-corrected chi connectivity index (χ0v) is 18.1. The second kappa shape index (κ2) is 12.8. The average Bonchev–Trinajstić information content (AvgIpc) is 2.66. The van der Waals surface area contributed by atoms with Gasteiger partial charge in [-0.3, -0.25) is 0 Å². The van der Waals surface area contributed by atoms with Crippen molar-refractivity contribution in [2.24, 2.45) is 5.92 Å². The summed E-state index contributed by atoms with van der Waals surface area (Å²) in [5, 5.41) is 1.07. The van der Waals surface area contributed by atoms with E-state index in [0.29, 0.717) is 35.8 Å². The summed E-state index contributed by atoms with van der Waals surface area (Å²) in [6.07, 6.45) is 6.19. The molecule has 0 unspecified atom stereocenters. The number of rotatable bonds is 12. The molecule has 1 saturated heterocycles. The molecule has 0 aromatic heterocycles. The summed E-state index contributed by atoms with van der Waals surface area (Å²) in [4.78, 5) is 2.55. The van der Waals surface area contributed by atoms with E-state index >= 15 is 0 Å². The fourth-order valence-electron chi connectivity index (χ4n) is 3.51. The first kappa shape index (κ1) is 22.8. The smallest absolute Gasteiger partial charge is 0.120 e. The van der Waals surface area contributed by atoms with Crippen molar-refractivity contribution >= 4 is 23.2 Å². The number of methoxy groups -OCH3 is 1. The van der Waals surface area contributed by atoms with Crippen molar-refractivity contribution in [1.29, 1.82) is 0 Å². The first-order valence-electron chi connectivity index (χ1n) is 10.0. The number of hydrogen-bond donors (Lipinski definition) is 0. The van der Waals surface area contributed by atoms with Crippen LogP contribution >= 0.6 is 23.2 Å². The van der Waals surface area contributed by atoms with Crippen LogP contribution in [-0.4, -0.2) is 57.6 Å². The lowest BCUT2D eigenvalue weighted by molar-refractivity contribution is -0.0567. The molecule has 1 aromatic rings. The van der Waals surface area contributed by atoms with E-state index in [1.807, 2.05) is 6.07 Å². The molecule has 0 N–H and O–H groups in total. The molecule has 0 radical (unpaired) electrons. The Morgan fingerprint density at radius 3 is 2.70 bits per heavy atom. The molecule has 154 valence electrons. The molecule has 0 spiro atoms. The number of piperidine rings is 1. The van der Waals surface area contributed by atoms with Gasteiger partial charge in [0.15, 0.2) is 0 Å². The summed E-state index contributed by atoms with van der Waals surface area (Å²) in [7, 11) is 1.71. The third kappa shape index (κ3) is 8.16. The van der Waals surface area contributed by atoms with Crippen molar-refractivity contribution < 1.29 is 14.2 Å². The number of likely N-dealkylation sites (tertiary alicyclic amines) is 1. The van der Waals surface area contributed by atoms with Gasteiger partial charge in [-0.05, 0) is 50.4 Å². The van der Waals surface area contributed by atoms with E-state index < -0.39 is 0 Å².